The SMILES string of the molecule is N#Cc1ccc(NC(=O)CN2CCCC2=O)cc1. The molecule has 5 heteroatoms. The molecule has 1 N–H and O–H groups in total. The minimum absolute atomic E-state index is 0.0324. The summed E-state index contributed by atoms with van der Waals surface area (Å²) >= 11 is 0. The average molecular weight is 243 g/mol. The Kier molecular flexibility index (Phi) is 3.58. The molecular weight excluding hydrogens is 230 g/mol. The average Bonchev–Trinajstić information content (AvgIpc) is 2.76. The van der Waals surface area contributed by atoms with E-state index in [4.69, 9.17) is 5.26 Å². The zero-order valence-corrected chi connectivity index (χ0v) is 9.85. The summed E-state index contributed by atoms with van der Waals surface area (Å²) in [5, 5.41) is 11.3. The van der Waals surface area contributed by atoms with Crippen LogP contribution in [0.3, 0.4) is 0 Å². The molecule has 2 amide bonds. The van der Waals surface area contributed by atoms with Gasteiger partial charge in [-0.3, -0.25) is 9.59 Å². The van der Waals surface area contributed by atoms with E-state index in [1.807, 2.05) is 6.07 Å². The maximum atomic E-state index is 11.7. The lowest BCUT2D eigenvalue weighted by molar-refractivity contribution is -0.131. The maximum absolute atomic E-state index is 11.7. The molecule has 1 heterocycles. The Labute approximate surface area is 105 Å². The highest BCUT2D eigenvalue weighted by Crippen LogP contribution is 2.11. The van der Waals surface area contributed by atoms with Gasteiger partial charge in [0.05, 0.1) is 18.2 Å². The second-order valence-corrected chi connectivity index (χ2v) is 4.16. The Bertz CT molecular complexity index is 502. The van der Waals surface area contributed by atoms with Crippen molar-refractivity contribution < 1.29 is 9.59 Å². The Morgan fingerprint density at radius 2 is 2.11 bits per heavy atom. The summed E-state index contributed by atoms with van der Waals surface area (Å²) in [6, 6.07) is 8.62. The molecule has 1 saturated heterocycles. The van der Waals surface area contributed by atoms with Gasteiger partial charge in [-0.25, -0.2) is 0 Å². The van der Waals surface area contributed by atoms with Gasteiger partial charge in [-0.2, -0.15) is 5.26 Å². The number of likely N-dealkylation sites (tertiary alicyclic amines) is 1. The molecular formula is C13H13N3O2. The standard InChI is InChI=1S/C13H13N3O2/c14-8-10-3-5-11(6-4-10)15-12(17)9-16-7-1-2-13(16)18/h3-6H,1-2,7,9H2,(H,15,17). The number of benzene rings is 1. The van der Waals surface area contributed by atoms with Crippen LogP contribution in [0.2, 0.25) is 0 Å². The van der Waals surface area contributed by atoms with E-state index in [-0.39, 0.29) is 18.4 Å². The zero-order valence-electron chi connectivity index (χ0n) is 9.85. The van der Waals surface area contributed by atoms with E-state index in [1.54, 1.807) is 29.2 Å². The van der Waals surface area contributed by atoms with Crippen LogP contribution in [-0.4, -0.2) is 29.8 Å². The normalized spacial score (nSPS) is 14.4. The van der Waals surface area contributed by atoms with Gasteiger partial charge in [0.2, 0.25) is 11.8 Å². The molecule has 2 rings (SSSR count). The molecule has 0 aromatic heterocycles. The van der Waals surface area contributed by atoms with Crippen LogP contribution in [0, 0.1) is 11.3 Å². The Morgan fingerprint density at radius 3 is 2.67 bits per heavy atom. The lowest BCUT2D eigenvalue weighted by Crippen LogP contribution is -2.33. The van der Waals surface area contributed by atoms with E-state index in [0.29, 0.717) is 24.2 Å². The molecule has 0 spiro atoms. The molecule has 92 valence electrons. The Morgan fingerprint density at radius 1 is 1.39 bits per heavy atom. The van der Waals surface area contributed by atoms with Crippen molar-refractivity contribution in [2.75, 3.05) is 18.4 Å². The molecule has 1 aliphatic heterocycles. The highest BCUT2D eigenvalue weighted by molar-refractivity contribution is 5.94. The van der Waals surface area contributed by atoms with E-state index in [1.165, 1.54) is 0 Å². The first-order valence-corrected chi connectivity index (χ1v) is 5.77. The van der Waals surface area contributed by atoms with Crippen LogP contribution in [0.4, 0.5) is 5.69 Å². The third-order valence-corrected chi connectivity index (χ3v) is 2.80. The molecule has 1 fully saturated rings. The van der Waals surface area contributed by atoms with Gasteiger partial charge in [0.1, 0.15) is 0 Å². The van der Waals surface area contributed by atoms with Crippen LogP contribution >= 0.6 is 0 Å². The number of carbonyl (C=O) groups is 2. The first-order valence-electron chi connectivity index (χ1n) is 5.77. The summed E-state index contributed by atoms with van der Waals surface area (Å²) in [6.45, 7) is 0.748. The molecule has 1 aromatic rings. The summed E-state index contributed by atoms with van der Waals surface area (Å²) in [4.78, 5) is 24.6. The monoisotopic (exact) mass is 243 g/mol. The summed E-state index contributed by atoms with van der Waals surface area (Å²) in [6.07, 6.45) is 1.35. The third kappa shape index (κ3) is 2.86. The minimum Gasteiger partial charge on any atom is -0.333 e. The van der Waals surface area contributed by atoms with Gasteiger partial charge in [-0.05, 0) is 30.7 Å². The van der Waals surface area contributed by atoms with Gasteiger partial charge in [0.25, 0.3) is 0 Å². The fourth-order valence-corrected chi connectivity index (χ4v) is 1.87. The van der Waals surface area contributed by atoms with E-state index in [2.05, 4.69) is 5.32 Å². The van der Waals surface area contributed by atoms with E-state index in [0.717, 1.165) is 6.42 Å². The van der Waals surface area contributed by atoms with Crippen LogP contribution < -0.4 is 5.32 Å². The second kappa shape index (κ2) is 5.32. The van der Waals surface area contributed by atoms with Crippen LogP contribution in [-0.2, 0) is 9.59 Å². The number of nitrogens with zero attached hydrogens (tertiary/aromatic N) is 2. The van der Waals surface area contributed by atoms with Crippen molar-refractivity contribution in [3.05, 3.63) is 29.8 Å². The largest absolute Gasteiger partial charge is 0.333 e. The molecule has 1 aromatic carbocycles. The van der Waals surface area contributed by atoms with E-state index >= 15 is 0 Å². The number of hydrogen-bond donors (Lipinski definition) is 1. The van der Waals surface area contributed by atoms with Crippen molar-refractivity contribution >= 4 is 17.5 Å². The van der Waals surface area contributed by atoms with Crippen molar-refractivity contribution in [3.8, 4) is 6.07 Å². The van der Waals surface area contributed by atoms with Gasteiger partial charge in [0, 0.05) is 18.7 Å². The molecule has 1 aliphatic rings. The lowest BCUT2D eigenvalue weighted by Gasteiger charge is -2.14. The Hall–Kier alpha value is -2.35. The molecule has 0 bridgehead atoms. The summed E-state index contributed by atoms with van der Waals surface area (Å²) < 4.78 is 0. The number of amides is 2. The number of nitriles is 1. The van der Waals surface area contributed by atoms with Crippen LogP contribution in [0.1, 0.15) is 18.4 Å². The predicted molar refractivity (Wildman–Crippen MR) is 65.6 cm³/mol. The number of hydrogen-bond acceptors (Lipinski definition) is 3. The predicted octanol–water partition coefficient (Wildman–Crippen LogP) is 1.12. The molecule has 0 atom stereocenters. The molecule has 0 radical (unpaired) electrons. The van der Waals surface area contributed by atoms with Crippen molar-refractivity contribution in [1.29, 1.82) is 5.26 Å². The molecule has 0 saturated carbocycles. The second-order valence-electron chi connectivity index (χ2n) is 4.16. The van der Waals surface area contributed by atoms with Gasteiger partial charge in [-0.1, -0.05) is 0 Å². The fraction of sp³-hybridized carbons (Fsp3) is 0.308. The first-order chi connectivity index (χ1) is 8.69. The zero-order chi connectivity index (χ0) is 13.0. The quantitative estimate of drug-likeness (QED) is 0.864. The topological polar surface area (TPSA) is 73.2 Å². The van der Waals surface area contributed by atoms with Gasteiger partial charge < -0.3 is 10.2 Å². The molecule has 5 nitrogen and oxygen atoms in total. The van der Waals surface area contributed by atoms with E-state index in [9.17, 15) is 9.59 Å². The van der Waals surface area contributed by atoms with Crippen LogP contribution in [0.5, 0.6) is 0 Å². The van der Waals surface area contributed by atoms with Gasteiger partial charge in [0.15, 0.2) is 0 Å². The van der Waals surface area contributed by atoms with Crippen molar-refractivity contribution in [3.63, 3.8) is 0 Å². The third-order valence-electron chi connectivity index (χ3n) is 2.80. The smallest absolute Gasteiger partial charge is 0.243 e. The number of nitrogens with one attached hydrogen (secondary N) is 1. The van der Waals surface area contributed by atoms with Crippen molar-refractivity contribution in [2.45, 2.75) is 12.8 Å². The first kappa shape index (κ1) is 12.1. The van der Waals surface area contributed by atoms with Crippen molar-refractivity contribution in [2.24, 2.45) is 0 Å². The van der Waals surface area contributed by atoms with Crippen molar-refractivity contribution in [1.82, 2.24) is 4.90 Å². The highest BCUT2D eigenvalue weighted by Gasteiger charge is 2.22. The molecule has 0 aliphatic carbocycles. The number of anilines is 1. The van der Waals surface area contributed by atoms with Gasteiger partial charge >= 0.3 is 0 Å². The lowest BCUT2D eigenvalue weighted by atomic mass is 10.2. The highest BCUT2D eigenvalue weighted by atomic mass is 16.2. The summed E-state index contributed by atoms with van der Waals surface area (Å²) in [5.74, 6) is -0.181. The Balaban J connectivity index is 1.90. The van der Waals surface area contributed by atoms with Crippen LogP contribution in [0.15, 0.2) is 24.3 Å². The van der Waals surface area contributed by atoms with E-state index < -0.39 is 0 Å². The minimum atomic E-state index is -0.213. The summed E-state index contributed by atoms with van der Waals surface area (Å²) in [7, 11) is 0. The molecule has 0 unspecified atom stereocenters. The van der Waals surface area contributed by atoms with Crippen LogP contribution in [0.25, 0.3) is 0 Å². The van der Waals surface area contributed by atoms with Gasteiger partial charge in [-0.15, -0.1) is 0 Å². The maximum Gasteiger partial charge on any atom is 0.243 e. The molecule has 18 heavy (non-hydrogen) atoms. The fourth-order valence-electron chi connectivity index (χ4n) is 1.87. The summed E-state index contributed by atoms with van der Waals surface area (Å²) in [5.41, 5.74) is 1.17. The number of rotatable bonds is 3. The number of carbonyl (C=O) groups excluding carboxylic acids is 2.